The molecule has 1 unspecified atom stereocenters. The zero-order valence-corrected chi connectivity index (χ0v) is 8.80. The monoisotopic (exact) mass is 275 g/mol. The first-order valence-electron chi connectivity index (χ1n) is 4.51. The molecule has 1 aromatic heterocycles. The van der Waals surface area contributed by atoms with Crippen LogP contribution in [0.15, 0.2) is 12.4 Å². The van der Waals surface area contributed by atoms with Gasteiger partial charge in [0, 0.05) is 6.20 Å². The van der Waals surface area contributed by atoms with E-state index in [1.165, 1.54) is 5.32 Å². The largest absolute Gasteiger partial charge is 0.504 e. The zero-order chi connectivity index (χ0) is 14.1. The Kier molecular flexibility index (Phi) is 3.58. The molecule has 1 heterocycles. The van der Waals surface area contributed by atoms with Gasteiger partial charge >= 0.3 is 12.5 Å². The van der Waals surface area contributed by atoms with Crippen LogP contribution in [-0.2, 0) is 6.30 Å². The Labute approximate surface area is 96.6 Å². The molecular formula is C8H7F6N3O. The van der Waals surface area contributed by atoms with Crippen LogP contribution in [-0.4, -0.2) is 27.9 Å². The third-order valence-electron chi connectivity index (χ3n) is 1.94. The Morgan fingerprint density at radius 3 is 2.28 bits per heavy atom. The molecule has 1 rings (SSSR count). The van der Waals surface area contributed by atoms with E-state index in [9.17, 15) is 31.1 Å². The quantitative estimate of drug-likeness (QED) is 0.839. The first-order chi connectivity index (χ1) is 8.01. The van der Waals surface area contributed by atoms with Crippen molar-refractivity contribution in [3.05, 3.63) is 18.0 Å². The van der Waals surface area contributed by atoms with Gasteiger partial charge < -0.3 is 5.32 Å². The Bertz CT molecular complexity index is 435. The van der Waals surface area contributed by atoms with Crippen LogP contribution in [0.25, 0.3) is 0 Å². The van der Waals surface area contributed by atoms with Crippen molar-refractivity contribution in [1.29, 1.82) is 0 Å². The number of rotatable bonds is 2. The summed E-state index contributed by atoms with van der Waals surface area (Å²) in [6, 6.07) is -2.17. The van der Waals surface area contributed by atoms with E-state index in [0.29, 0.717) is 19.3 Å². The van der Waals surface area contributed by atoms with Gasteiger partial charge in [-0.1, -0.05) is 0 Å². The lowest BCUT2D eigenvalue weighted by molar-refractivity contribution is -0.212. The van der Waals surface area contributed by atoms with Crippen molar-refractivity contribution < 1.29 is 31.1 Å². The highest BCUT2D eigenvalue weighted by Crippen LogP contribution is 2.22. The van der Waals surface area contributed by atoms with E-state index in [1.54, 1.807) is 0 Å². The van der Waals surface area contributed by atoms with Crippen molar-refractivity contribution in [2.24, 2.45) is 0 Å². The summed E-state index contributed by atoms with van der Waals surface area (Å²) in [6.45, 7) is 0.673. The lowest BCUT2D eigenvalue weighted by Gasteiger charge is -2.16. The van der Waals surface area contributed by atoms with E-state index < -0.39 is 34.7 Å². The Morgan fingerprint density at radius 1 is 1.33 bits per heavy atom. The number of nitrogens with one attached hydrogen (secondary N) is 1. The van der Waals surface area contributed by atoms with Crippen LogP contribution in [0.2, 0.25) is 0 Å². The lowest BCUT2D eigenvalue weighted by atomic mass is 10.3. The summed E-state index contributed by atoms with van der Waals surface area (Å²) >= 11 is 0. The minimum absolute atomic E-state index is 0.304. The molecule has 10 heteroatoms. The number of halogens is 6. The predicted octanol–water partition coefficient (Wildman–Crippen LogP) is 2.04. The molecule has 1 amide bonds. The molecule has 1 N–H and O–H groups in total. The molecule has 1 aromatic rings. The maximum atomic E-state index is 12.1. The summed E-state index contributed by atoms with van der Waals surface area (Å²) in [5.41, 5.74) is -0.608. The third kappa shape index (κ3) is 3.37. The molecular weight excluding hydrogens is 268 g/mol. The average molecular weight is 275 g/mol. The first kappa shape index (κ1) is 14.3. The smallest absolute Gasteiger partial charge is 0.340 e. The molecule has 0 radical (unpaired) electrons. The predicted molar refractivity (Wildman–Crippen MR) is 46.5 cm³/mol. The highest BCUT2D eigenvalue weighted by molar-refractivity contribution is 5.93. The molecule has 0 spiro atoms. The summed E-state index contributed by atoms with van der Waals surface area (Å²) in [4.78, 5) is 11.2. The lowest BCUT2D eigenvalue weighted by Crippen LogP contribution is -2.43. The van der Waals surface area contributed by atoms with Crippen LogP contribution < -0.4 is 5.32 Å². The summed E-state index contributed by atoms with van der Waals surface area (Å²) in [6.07, 6.45) is -8.66. The highest BCUT2D eigenvalue weighted by atomic mass is 19.4. The fourth-order valence-corrected chi connectivity index (χ4v) is 0.941. The van der Waals surface area contributed by atoms with Gasteiger partial charge in [-0.3, -0.25) is 4.79 Å². The molecule has 1 atom stereocenters. The SMILES string of the molecule is CC(NC(=O)c1cnn(C(F)(F)F)c1)C(F)(F)F. The summed E-state index contributed by atoms with van der Waals surface area (Å²) in [5, 5.41) is 4.34. The normalized spacial score (nSPS) is 14.4. The number of hydrogen-bond acceptors (Lipinski definition) is 2. The second-order valence-electron chi connectivity index (χ2n) is 3.38. The number of alkyl halides is 6. The van der Waals surface area contributed by atoms with Gasteiger partial charge in [0.25, 0.3) is 5.91 Å². The molecule has 0 aliphatic carbocycles. The molecule has 102 valence electrons. The summed E-state index contributed by atoms with van der Waals surface area (Å²) < 4.78 is 72.2. The van der Waals surface area contributed by atoms with Crippen molar-refractivity contribution in [2.45, 2.75) is 25.4 Å². The number of aromatic nitrogens is 2. The van der Waals surface area contributed by atoms with Crippen LogP contribution in [0, 0.1) is 0 Å². The van der Waals surface area contributed by atoms with E-state index in [1.807, 2.05) is 0 Å². The molecule has 0 saturated carbocycles. The van der Waals surface area contributed by atoms with Crippen molar-refractivity contribution in [2.75, 3.05) is 0 Å². The molecule has 0 fully saturated rings. The van der Waals surface area contributed by atoms with Crippen molar-refractivity contribution in [1.82, 2.24) is 15.1 Å². The van der Waals surface area contributed by atoms with Crippen LogP contribution in [0.4, 0.5) is 26.3 Å². The molecule has 18 heavy (non-hydrogen) atoms. The maximum Gasteiger partial charge on any atom is 0.504 e. The van der Waals surface area contributed by atoms with Gasteiger partial charge in [0.1, 0.15) is 6.04 Å². The first-order valence-corrected chi connectivity index (χ1v) is 4.51. The molecule has 0 aliphatic rings. The standard InChI is InChI=1S/C8H7F6N3O/c1-4(7(9,10)11)16-6(18)5-2-15-17(3-5)8(12,13)14/h2-4H,1H3,(H,16,18). The fourth-order valence-electron chi connectivity index (χ4n) is 0.941. The zero-order valence-electron chi connectivity index (χ0n) is 8.80. The van der Waals surface area contributed by atoms with Gasteiger partial charge in [-0.25, -0.2) is 0 Å². The fraction of sp³-hybridized carbons (Fsp3) is 0.500. The van der Waals surface area contributed by atoms with Crippen LogP contribution in [0.1, 0.15) is 17.3 Å². The second kappa shape index (κ2) is 4.50. The molecule has 0 aliphatic heterocycles. The summed E-state index contributed by atoms with van der Waals surface area (Å²) in [5.74, 6) is -1.28. The van der Waals surface area contributed by atoms with Crippen LogP contribution in [0.3, 0.4) is 0 Å². The molecule has 4 nitrogen and oxygen atoms in total. The number of carbonyl (C=O) groups excluding carboxylic acids is 1. The van der Waals surface area contributed by atoms with Crippen LogP contribution in [0.5, 0.6) is 0 Å². The van der Waals surface area contributed by atoms with Crippen molar-refractivity contribution in [3.8, 4) is 0 Å². The van der Waals surface area contributed by atoms with Gasteiger partial charge in [0.2, 0.25) is 0 Å². The Morgan fingerprint density at radius 2 is 1.89 bits per heavy atom. The van der Waals surface area contributed by atoms with Gasteiger partial charge in [-0.15, -0.1) is 13.2 Å². The topological polar surface area (TPSA) is 46.9 Å². The number of carbonyl (C=O) groups is 1. The van der Waals surface area contributed by atoms with Gasteiger partial charge in [0.15, 0.2) is 0 Å². The number of amides is 1. The van der Waals surface area contributed by atoms with Gasteiger partial charge in [-0.05, 0) is 6.92 Å². The highest BCUT2D eigenvalue weighted by Gasteiger charge is 2.38. The molecule has 0 saturated heterocycles. The van der Waals surface area contributed by atoms with E-state index in [4.69, 9.17) is 0 Å². The Hall–Kier alpha value is -1.74. The number of nitrogens with zero attached hydrogens (tertiary/aromatic N) is 2. The second-order valence-corrected chi connectivity index (χ2v) is 3.38. The maximum absolute atomic E-state index is 12.1. The van der Waals surface area contributed by atoms with Crippen molar-refractivity contribution in [3.63, 3.8) is 0 Å². The van der Waals surface area contributed by atoms with E-state index in [-0.39, 0.29) is 0 Å². The Balaban J connectivity index is 2.77. The summed E-state index contributed by atoms with van der Waals surface area (Å²) in [7, 11) is 0. The minimum atomic E-state index is -4.83. The van der Waals surface area contributed by atoms with E-state index >= 15 is 0 Å². The van der Waals surface area contributed by atoms with Crippen LogP contribution >= 0.6 is 0 Å². The van der Waals surface area contributed by atoms with Crippen molar-refractivity contribution >= 4 is 5.91 Å². The molecule has 0 aromatic carbocycles. The molecule has 0 bridgehead atoms. The van der Waals surface area contributed by atoms with E-state index in [0.717, 1.165) is 0 Å². The van der Waals surface area contributed by atoms with Gasteiger partial charge in [-0.2, -0.15) is 23.0 Å². The van der Waals surface area contributed by atoms with E-state index in [2.05, 4.69) is 5.10 Å². The third-order valence-corrected chi connectivity index (χ3v) is 1.94. The average Bonchev–Trinajstić information content (AvgIpc) is 2.63. The van der Waals surface area contributed by atoms with Gasteiger partial charge in [0.05, 0.1) is 11.8 Å². The minimum Gasteiger partial charge on any atom is -0.340 e. The number of hydrogen-bond donors (Lipinski definition) is 1.